The summed E-state index contributed by atoms with van der Waals surface area (Å²) in [5.41, 5.74) is -1.14. The van der Waals surface area contributed by atoms with E-state index in [0.29, 0.717) is 5.65 Å². The molecule has 7 heteroatoms. The number of amides is 1. The molecule has 122 valence electrons. The molecule has 0 bridgehead atoms. The molecule has 0 aliphatic heterocycles. The van der Waals surface area contributed by atoms with Gasteiger partial charge in [-0.2, -0.15) is 0 Å². The van der Waals surface area contributed by atoms with Gasteiger partial charge in [-0.15, -0.1) is 0 Å². The maximum Gasteiger partial charge on any atom is 0.305 e. The van der Waals surface area contributed by atoms with E-state index in [9.17, 15) is 14.4 Å². The molecule has 2 aromatic rings. The van der Waals surface area contributed by atoms with Crippen LogP contribution in [-0.2, 0) is 4.79 Å². The molecular weight excluding hydrogens is 298 g/mol. The van der Waals surface area contributed by atoms with Crippen LogP contribution in [0.1, 0.15) is 37.6 Å². The molecule has 2 aromatic heterocycles. The zero-order valence-electron chi connectivity index (χ0n) is 13.2. The minimum atomic E-state index is -1.02. The van der Waals surface area contributed by atoms with Crippen LogP contribution in [0.2, 0.25) is 0 Å². The molecular formula is C16H19N3O4. The van der Waals surface area contributed by atoms with Crippen molar-refractivity contribution in [2.24, 2.45) is 5.92 Å². The Balaban J connectivity index is 2.39. The highest BCUT2D eigenvalue weighted by molar-refractivity contribution is 5.94. The number of aliphatic carboxylic acids is 1. The highest BCUT2D eigenvalue weighted by Gasteiger charge is 2.33. The number of carbonyl (C=O) groups is 2. The van der Waals surface area contributed by atoms with Gasteiger partial charge in [-0.25, -0.2) is 4.98 Å². The Bertz CT molecular complexity index is 812. The van der Waals surface area contributed by atoms with Gasteiger partial charge < -0.3 is 10.4 Å². The Morgan fingerprint density at radius 2 is 2.09 bits per heavy atom. The van der Waals surface area contributed by atoms with Gasteiger partial charge in [-0.1, -0.05) is 19.9 Å². The highest BCUT2D eigenvalue weighted by Crippen LogP contribution is 2.21. The van der Waals surface area contributed by atoms with Gasteiger partial charge in [0.2, 0.25) is 0 Å². The number of rotatable bonds is 5. The number of nitrogens with one attached hydrogen (secondary N) is 1. The minimum absolute atomic E-state index is 0.119. The Kier molecular flexibility index (Phi) is 4.49. The second-order valence-electron chi connectivity index (χ2n) is 6.00. The van der Waals surface area contributed by atoms with Crippen LogP contribution in [-0.4, -0.2) is 31.9 Å². The molecule has 2 N–H and O–H groups in total. The number of hydrogen-bond donors (Lipinski definition) is 2. The fourth-order valence-corrected chi connectivity index (χ4v) is 2.22. The van der Waals surface area contributed by atoms with E-state index in [1.807, 2.05) is 13.8 Å². The summed E-state index contributed by atoms with van der Waals surface area (Å²) in [5, 5.41) is 11.7. The van der Waals surface area contributed by atoms with Gasteiger partial charge >= 0.3 is 5.97 Å². The average molecular weight is 317 g/mol. The van der Waals surface area contributed by atoms with Gasteiger partial charge in [0.25, 0.3) is 11.5 Å². The molecule has 2 rings (SSSR count). The lowest BCUT2D eigenvalue weighted by Crippen LogP contribution is -2.52. The monoisotopic (exact) mass is 317 g/mol. The predicted molar refractivity (Wildman–Crippen MR) is 84.4 cm³/mol. The molecule has 0 fully saturated rings. The first-order valence-corrected chi connectivity index (χ1v) is 7.25. The molecule has 1 unspecified atom stereocenters. The van der Waals surface area contributed by atoms with E-state index in [1.165, 1.54) is 16.8 Å². The van der Waals surface area contributed by atoms with Crippen LogP contribution < -0.4 is 10.9 Å². The summed E-state index contributed by atoms with van der Waals surface area (Å²) in [7, 11) is 0. The van der Waals surface area contributed by atoms with Crippen molar-refractivity contribution >= 4 is 17.5 Å². The number of carboxylic acids is 1. The molecule has 0 aromatic carbocycles. The first-order valence-electron chi connectivity index (χ1n) is 7.25. The van der Waals surface area contributed by atoms with Crippen molar-refractivity contribution in [3.63, 3.8) is 0 Å². The second kappa shape index (κ2) is 6.20. The molecule has 0 aliphatic rings. The van der Waals surface area contributed by atoms with E-state index < -0.39 is 23.0 Å². The predicted octanol–water partition coefficient (Wildman–Crippen LogP) is 1.31. The molecule has 0 radical (unpaired) electrons. The van der Waals surface area contributed by atoms with Gasteiger partial charge in [0.15, 0.2) is 0 Å². The smallest absolute Gasteiger partial charge is 0.305 e. The maximum atomic E-state index is 12.5. The molecule has 1 amide bonds. The van der Waals surface area contributed by atoms with Crippen LogP contribution in [0.3, 0.4) is 0 Å². The zero-order valence-corrected chi connectivity index (χ0v) is 13.2. The third-order valence-electron chi connectivity index (χ3n) is 4.05. The quantitative estimate of drug-likeness (QED) is 0.866. The normalized spacial score (nSPS) is 13.7. The van der Waals surface area contributed by atoms with E-state index in [4.69, 9.17) is 5.11 Å². The SMILES string of the molecule is CC(C)C(C)(CC(=O)O)NC(=O)c1cnc2ccccn2c1=O. The van der Waals surface area contributed by atoms with Crippen molar-refractivity contribution in [2.45, 2.75) is 32.7 Å². The number of carbonyl (C=O) groups excluding carboxylic acids is 1. The molecule has 1 atom stereocenters. The summed E-state index contributed by atoms with van der Waals surface area (Å²) in [6.07, 6.45) is 2.51. The molecule has 0 saturated carbocycles. The topological polar surface area (TPSA) is 101 Å². The molecule has 0 saturated heterocycles. The molecule has 7 nitrogen and oxygen atoms in total. The molecule has 0 spiro atoms. The van der Waals surface area contributed by atoms with Crippen LogP contribution in [0.15, 0.2) is 35.4 Å². The van der Waals surface area contributed by atoms with Gasteiger partial charge in [0, 0.05) is 12.4 Å². The summed E-state index contributed by atoms with van der Waals surface area (Å²) in [5.74, 6) is -1.77. The van der Waals surface area contributed by atoms with Gasteiger partial charge in [-0.3, -0.25) is 18.8 Å². The largest absolute Gasteiger partial charge is 0.481 e. The molecule has 0 aliphatic carbocycles. The van der Waals surface area contributed by atoms with Crippen molar-refractivity contribution in [1.82, 2.24) is 14.7 Å². The Labute approximate surface area is 133 Å². The van der Waals surface area contributed by atoms with Crippen molar-refractivity contribution < 1.29 is 14.7 Å². The lowest BCUT2D eigenvalue weighted by molar-refractivity contribution is -0.138. The summed E-state index contributed by atoms with van der Waals surface area (Å²) >= 11 is 0. The van der Waals surface area contributed by atoms with E-state index >= 15 is 0 Å². The van der Waals surface area contributed by atoms with E-state index in [-0.39, 0.29) is 17.9 Å². The Morgan fingerprint density at radius 3 is 2.70 bits per heavy atom. The lowest BCUT2D eigenvalue weighted by Gasteiger charge is -2.33. The van der Waals surface area contributed by atoms with Gasteiger partial charge in [-0.05, 0) is 25.0 Å². The van der Waals surface area contributed by atoms with E-state index in [2.05, 4.69) is 10.3 Å². The van der Waals surface area contributed by atoms with Crippen LogP contribution in [0.4, 0.5) is 0 Å². The van der Waals surface area contributed by atoms with Crippen molar-refractivity contribution in [2.75, 3.05) is 0 Å². The summed E-state index contributed by atoms with van der Waals surface area (Å²) in [6, 6.07) is 5.07. The fraction of sp³-hybridized carbons (Fsp3) is 0.375. The fourth-order valence-electron chi connectivity index (χ4n) is 2.22. The Hall–Kier alpha value is -2.70. The number of carboxylic acid groups (broad SMARTS) is 1. The van der Waals surface area contributed by atoms with Crippen LogP contribution in [0.25, 0.3) is 5.65 Å². The summed E-state index contributed by atoms with van der Waals surface area (Å²) in [6.45, 7) is 5.28. The van der Waals surface area contributed by atoms with Crippen molar-refractivity contribution in [3.8, 4) is 0 Å². The first-order chi connectivity index (χ1) is 10.7. The van der Waals surface area contributed by atoms with Crippen LogP contribution in [0, 0.1) is 5.92 Å². The second-order valence-corrected chi connectivity index (χ2v) is 6.00. The number of pyridine rings is 1. The van der Waals surface area contributed by atoms with Gasteiger partial charge in [0.1, 0.15) is 11.2 Å². The third kappa shape index (κ3) is 3.39. The van der Waals surface area contributed by atoms with Crippen molar-refractivity contribution in [3.05, 3.63) is 46.5 Å². The number of hydrogen-bond acceptors (Lipinski definition) is 4. The minimum Gasteiger partial charge on any atom is -0.481 e. The zero-order chi connectivity index (χ0) is 17.2. The van der Waals surface area contributed by atoms with Crippen LogP contribution in [0.5, 0.6) is 0 Å². The molecule has 2 heterocycles. The third-order valence-corrected chi connectivity index (χ3v) is 4.05. The molecule has 23 heavy (non-hydrogen) atoms. The number of fused-ring (bicyclic) bond motifs is 1. The number of nitrogens with zero attached hydrogens (tertiary/aromatic N) is 2. The lowest BCUT2D eigenvalue weighted by atomic mass is 9.85. The first kappa shape index (κ1) is 16.7. The Morgan fingerprint density at radius 1 is 1.39 bits per heavy atom. The van der Waals surface area contributed by atoms with Crippen LogP contribution >= 0.6 is 0 Å². The van der Waals surface area contributed by atoms with Crippen molar-refractivity contribution in [1.29, 1.82) is 0 Å². The standard InChI is InChI=1S/C16H19N3O4/c1-10(2)16(3,8-13(20)21)18-14(22)11-9-17-12-6-4-5-7-19(12)15(11)23/h4-7,9-10H,8H2,1-3H3,(H,18,22)(H,20,21). The average Bonchev–Trinajstić information content (AvgIpc) is 2.46. The highest BCUT2D eigenvalue weighted by atomic mass is 16.4. The van der Waals surface area contributed by atoms with E-state index in [0.717, 1.165) is 0 Å². The summed E-state index contributed by atoms with van der Waals surface area (Å²) < 4.78 is 1.28. The number of aromatic nitrogens is 2. The summed E-state index contributed by atoms with van der Waals surface area (Å²) in [4.78, 5) is 40.0. The van der Waals surface area contributed by atoms with Gasteiger partial charge in [0.05, 0.1) is 12.0 Å². The maximum absolute atomic E-state index is 12.5. The van der Waals surface area contributed by atoms with E-state index in [1.54, 1.807) is 25.1 Å².